The zero-order valence-corrected chi connectivity index (χ0v) is 15.8. The fourth-order valence-electron chi connectivity index (χ4n) is 2.43. The van der Waals surface area contributed by atoms with Gasteiger partial charge in [-0.05, 0) is 18.8 Å². The summed E-state index contributed by atoms with van der Waals surface area (Å²) in [5.41, 5.74) is 0. The van der Waals surface area contributed by atoms with Crippen LogP contribution >= 0.6 is 0 Å². The number of unbranched alkanes of at least 4 members (excludes halogenated alkanes) is 8. The van der Waals surface area contributed by atoms with Gasteiger partial charge in [-0.15, -0.1) is 0 Å². The van der Waals surface area contributed by atoms with Crippen molar-refractivity contribution < 1.29 is 19.4 Å². The van der Waals surface area contributed by atoms with E-state index >= 15 is 0 Å². The van der Waals surface area contributed by atoms with Crippen molar-refractivity contribution in [2.45, 2.75) is 85.0 Å². The fraction of sp³-hybridized carbons (Fsp3) is 0.800. The molecular weight excluding hydrogens is 304 g/mol. The second-order valence-electron chi connectivity index (χ2n) is 6.92. The molecule has 0 rings (SSSR count). The maximum atomic E-state index is 11.9. The van der Waals surface area contributed by atoms with E-state index in [-0.39, 0.29) is 12.3 Å². The van der Waals surface area contributed by atoms with Crippen LogP contribution in [0.25, 0.3) is 0 Å². The summed E-state index contributed by atoms with van der Waals surface area (Å²) in [7, 11) is 0. The molecule has 0 aromatic carbocycles. The Morgan fingerprint density at radius 1 is 1.00 bits per heavy atom. The van der Waals surface area contributed by atoms with Crippen molar-refractivity contribution in [3.8, 4) is 0 Å². The molecule has 1 unspecified atom stereocenters. The molecule has 0 aliphatic carbocycles. The molecule has 0 spiro atoms. The van der Waals surface area contributed by atoms with Gasteiger partial charge in [-0.1, -0.05) is 77.9 Å². The number of carboxylic acids is 1. The van der Waals surface area contributed by atoms with Crippen molar-refractivity contribution in [3.05, 3.63) is 12.2 Å². The van der Waals surface area contributed by atoms with E-state index in [9.17, 15) is 9.59 Å². The van der Waals surface area contributed by atoms with Gasteiger partial charge in [0.15, 0.2) is 0 Å². The molecule has 0 bridgehead atoms. The Bertz CT molecular complexity index is 361. The maximum Gasteiger partial charge on any atom is 0.313 e. The minimum atomic E-state index is -0.974. The minimum Gasteiger partial charge on any atom is -0.481 e. The van der Waals surface area contributed by atoms with E-state index in [0.717, 1.165) is 12.8 Å². The van der Waals surface area contributed by atoms with Crippen LogP contribution in [0.5, 0.6) is 0 Å². The molecule has 1 N–H and O–H groups in total. The SMILES string of the molecule is CCCCCCCCCCC=CC(CC(=O)O)C(=O)OCC(C)C. The number of carbonyl (C=O) groups excluding carboxylic acids is 1. The van der Waals surface area contributed by atoms with Crippen molar-refractivity contribution in [1.82, 2.24) is 0 Å². The molecule has 0 aromatic heterocycles. The normalized spacial score (nSPS) is 12.7. The first-order chi connectivity index (χ1) is 11.5. The van der Waals surface area contributed by atoms with Gasteiger partial charge >= 0.3 is 11.9 Å². The third-order valence-electron chi connectivity index (χ3n) is 3.85. The van der Waals surface area contributed by atoms with E-state index in [0.29, 0.717) is 6.61 Å². The highest BCUT2D eigenvalue weighted by atomic mass is 16.5. The van der Waals surface area contributed by atoms with Crippen molar-refractivity contribution in [3.63, 3.8) is 0 Å². The summed E-state index contributed by atoms with van der Waals surface area (Å²) in [5.74, 6) is -1.83. The number of hydrogen-bond acceptors (Lipinski definition) is 3. The summed E-state index contributed by atoms with van der Waals surface area (Å²) < 4.78 is 5.16. The van der Waals surface area contributed by atoms with Gasteiger partial charge in [-0.3, -0.25) is 9.59 Å². The van der Waals surface area contributed by atoms with Crippen LogP contribution in [0.15, 0.2) is 12.2 Å². The standard InChI is InChI=1S/C20H36O4/c1-4-5-6-7-8-9-10-11-12-13-14-18(15-19(21)22)20(23)24-16-17(2)3/h13-14,17-18H,4-12,15-16H2,1-3H3,(H,21,22). The summed E-state index contributed by atoms with van der Waals surface area (Å²) in [6.45, 7) is 6.47. The summed E-state index contributed by atoms with van der Waals surface area (Å²) in [5, 5.41) is 8.93. The summed E-state index contributed by atoms with van der Waals surface area (Å²) in [6.07, 6.45) is 14.4. The lowest BCUT2D eigenvalue weighted by Gasteiger charge is -2.12. The van der Waals surface area contributed by atoms with E-state index in [4.69, 9.17) is 9.84 Å². The molecule has 0 fully saturated rings. The topological polar surface area (TPSA) is 63.6 Å². The quantitative estimate of drug-likeness (QED) is 0.247. The molecule has 0 aromatic rings. The third kappa shape index (κ3) is 14.3. The first kappa shape index (κ1) is 22.7. The van der Waals surface area contributed by atoms with E-state index in [1.165, 1.54) is 44.9 Å². The highest BCUT2D eigenvalue weighted by Gasteiger charge is 2.20. The predicted molar refractivity (Wildman–Crippen MR) is 97.9 cm³/mol. The van der Waals surface area contributed by atoms with Gasteiger partial charge in [0.1, 0.15) is 0 Å². The molecule has 0 heterocycles. The van der Waals surface area contributed by atoms with Crippen LogP contribution in [0.1, 0.15) is 85.0 Å². The highest BCUT2D eigenvalue weighted by molar-refractivity contribution is 5.80. The van der Waals surface area contributed by atoms with Crippen molar-refractivity contribution in [2.24, 2.45) is 11.8 Å². The van der Waals surface area contributed by atoms with Crippen molar-refractivity contribution in [2.75, 3.05) is 6.61 Å². The Morgan fingerprint density at radius 3 is 2.12 bits per heavy atom. The van der Waals surface area contributed by atoms with Crippen LogP contribution in [0.2, 0.25) is 0 Å². The monoisotopic (exact) mass is 340 g/mol. The zero-order chi connectivity index (χ0) is 18.2. The molecule has 4 nitrogen and oxygen atoms in total. The molecule has 0 saturated heterocycles. The third-order valence-corrected chi connectivity index (χ3v) is 3.85. The predicted octanol–water partition coefficient (Wildman–Crippen LogP) is 5.36. The number of hydrogen-bond donors (Lipinski definition) is 1. The van der Waals surface area contributed by atoms with Crippen LogP contribution in [0.4, 0.5) is 0 Å². The molecule has 140 valence electrons. The zero-order valence-electron chi connectivity index (χ0n) is 15.8. The van der Waals surface area contributed by atoms with Gasteiger partial charge in [-0.2, -0.15) is 0 Å². The fourth-order valence-corrected chi connectivity index (χ4v) is 2.43. The average molecular weight is 341 g/mol. The van der Waals surface area contributed by atoms with Crippen LogP contribution in [0.3, 0.4) is 0 Å². The molecule has 0 aliphatic rings. The number of ether oxygens (including phenoxy) is 1. The average Bonchev–Trinajstić information content (AvgIpc) is 2.52. The Morgan fingerprint density at radius 2 is 1.58 bits per heavy atom. The van der Waals surface area contributed by atoms with Crippen LogP contribution in [0, 0.1) is 11.8 Å². The Balaban J connectivity index is 3.96. The van der Waals surface area contributed by atoms with E-state index in [1.807, 2.05) is 19.9 Å². The lowest BCUT2D eigenvalue weighted by molar-refractivity contribution is -0.152. The second-order valence-corrected chi connectivity index (χ2v) is 6.92. The largest absolute Gasteiger partial charge is 0.481 e. The minimum absolute atomic E-state index is 0.204. The molecule has 4 heteroatoms. The Labute approximate surface area is 147 Å². The maximum absolute atomic E-state index is 11.9. The summed E-state index contributed by atoms with van der Waals surface area (Å²) in [6, 6.07) is 0. The number of allylic oxidation sites excluding steroid dienone is 1. The van der Waals surface area contributed by atoms with Gasteiger partial charge < -0.3 is 9.84 Å². The molecule has 0 amide bonds. The summed E-state index contributed by atoms with van der Waals surface area (Å²) >= 11 is 0. The summed E-state index contributed by atoms with van der Waals surface area (Å²) in [4.78, 5) is 22.8. The van der Waals surface area contributed by atoms with Gasteiger partial charge in [0, 0.05) is 0 Å². The molecular formula is C20H36O4. The molecule has 0 radical (unpaired) electrons. The lowest BCUT2D eigenvalue weighted by atomic mass is 10.0. The van der Waals surface area contributed by atoms with Gasteiger partial charge in [0.05, 0.1) is 18.9 Å². The Kier molecular flexibility index (Phi) is 14.4. The van der Waals surface area contributed by atoms with E-state index < -0.39 is 17.9 Å². The van der Waals surface area contributed by atoms with Gasteiger partial charge in [0.25, 0.3) is 0 Å². The second kappa shape index (κ2) is 15.2. The van der Waals surface area contributed by atoms with E-state index in [1.54, 1.807) is 6.08 Å². The first-order valence-electron chi connectivity index (χ1n) is 9.52. The first-order valence-corrected chi connectivity index (χ1v) is 9.52. The highest BCUT2D eigenvalue weighted by Crippen LogP contribution is 2.13. The van der Waals surface area contributed by atoms with Crippen LogP contribution < -0.4 is 0 Å². The molecule has 0 saturated carbocycles. The van der Waals surface area contributed by atoms with Crippen molar-refractivity contribution >= 4 is 11.9 Å². The number of aliphatic carboxylic acids is 1. The number of rotatable bonds is 15. The number of carboxylic acid groups (broad SMARTS) is 1. The van der Waals surface area contributed by atoms with Crippen LogP contribution in [-0.2, 0) is 14.3 Å². The smallest absolute Gasteiger partial charge is 0.313 e. The lowest BCUT2D eigenvalue weighted by Crippen LogP contribution is -2.21. The number of esters is 1. The molecule has 24 heavy (non-hydrogen) atoms. The number of carbonyl (C=O) groups is 2. The van der Waals surface area contributed by atoms with Gasteiger partial charge in [-0.25, -0.2) is 0 Å². The Hall–Kier alpha value is -1.32. The van der Waals surface area contributed by atoms with Gasteiger partial charge in [0.2, 0.25) is 0 Å². The van der Waals surface area contributed by atoms with E-state index in [2.05, 4.69) is 6.92 Å². The molecule has 1 atom stereocenters. The van der Waals surface area contributed by atoms with Crippen molar-refractivity contribution in [1.29, 1.82) is 0 Å². The molecule has 0 aliphatic heterocycles. The van der Waals surface area contributed by atoms with Crippen LogP contribution in [-0.4, -0.2) is 23.7 Å².